The SMILES string of the molecule is CC(Cl)c1nc2cnccc2n1C1CCCCCCC1. The lowest BCUT2D eigenvalue weighted by molar-refractivity contribution is 0.371. The Labute approximate surface area is 125 Å². The van der Waals surface area contributed by atoms with E-state index in [-0.39, 0.29) is 5.38 Å². The first-order valence-electron chi connectivity index (χ1n) is 7.73. The van der Waals surface area contributed by atoms with Gasteiger partial charge in [-0.3, -0.25) is 4.98 Å². The van der Waals surface area contributed by atoms with Crippen molar-refractivity contribution in [3.05, 3.63) is 24.3 Å². The van der Waals surface area contributed by atoms with Gasteiger partial charge in [-0.1, -0.05) is 32.1 Å². The summed E-state index contributed by atoms with van der Waals surface area (Å²) in [6.45, 7) is 2.01. The molecule has 0 aromatic carbocycles. The number of hydrogen-bond acceptors (Lipinski definition) is 2. The highest BCUT2D eigenvalue weighted by atomic mass is 35.5. The highest BCUT2D eigenvalue weighted by Gasteiger charge is 2.22. The number of halogens is 1. The monoisotopic (exact) mass is 291 g/mol. The Morgan fingerprint density at radius 1 is 1.20 bits per heavy atom. The summed E-state index contributed by atoms with van der Waals surface area (Å²) < 4.78 is 2.39. The first-order valence-corrected chi connectivity index (χ1v) is 8.17. The van der Waals surface area contributed by atoms with Crippen LogP contribution in [0.4, 0.5) is 0 Å². The molecule has 2 aromatic heterocycles. The minimum absolute atomic E-state index is 0.0622. The van der Waals surface area contributed by atoms with Gasteiger partial charge >= 0.3 is 0 Å². The minimum atomic E-state index is -0.0622. The van der Waals surface area contributed by atoms with Crippen molar-refractivity contribution in [2.75, 3.05) is 0 Å². The molecule has 0 spiro atoms. The van der Waals surface area contributed by atoms with Crippen LogP contribution < -0.4 is 0 Å². The molecule has 1 fully saturated rings. The molecule has 1 saturated carbocycles. The number of imidazole rings is 1. The van der Waals surface area contributed by atoms with E-state index in [0.29, 0.717) is 6.04 Å². The summed E-state index contributed by atoms with van der Waals surface area (Å²) in [4.78, 5) is 8.90. The second-order valence-corrected chi connectivity index (χ2v) is 6.47. The second-order valence-electron chi connectivity index (χ2n) is 5.82. The van der Waals surface area contributed by atoms with Crippen molar-refractivity contribution in [1.82, 2.24) is 14.5 Å². The fourth-order valence-electron chi connectivity index (χ4n) is 3.33. The first-order chi connectivity index (χ1) is 9.77. The van der Waals surface area contributed by atoms with Gasteiger partial charge in [0.2, 0.25) is 0 Å². The third kappa shape index (κ3) is 2.69. The normalized spacial score (nSPS) is 19.7. The van der Waals surface area contributed by atoms with Gasteiger partial charge in [0, 0.05) is 12.2 Å². The average molecular weight is 292 g/mol. The van der Waals surface area contributed by atoms with E-state index in [9.17, 15) is 0 Å². The van der Waals surface area contributed by atoms with E-state index in [1.807, 2.05) is 19.3 Å². The number of hydrogen-bond donors (Lipinski definition) is 0. The lowest BCUT2D eigenvalue weighted by atomic mass is 9.96. The summed E-state index contributed by atoms with van der Waals surface area (Å²) in [6, 6.07) is 2.61. The van der Waals surface area contributed by atoms with E-state index in [1.165, 1.54) is 50.5 Å². The molecule has 4 heteroatoms. The van der Waals surface area contributed by atoms with E-state index in [2.05, 4.69) is 15.6 Å². The lowest BCUT2D eigenvalue weighted by Crippen LogP contribution is -2.14. The Bertz CT molecular complexity index is 568. The predicted molar refractivity (Wildman–Crippen MR) is 83.2 cm³/mol. The Kier molecular flexibility index (Phi) is 4.25. The molecule has 0 amide bonds. The summed E-state index contributed by atoms with van der Waals surface area (Å²) in [7, 11) is 0. The Morgan fingerprint density at radius 3 is 2.60 bits per heavy atom. The van der Waals surface area contributed by atoms with Gasteiger partial charge in [0.15, 0.2) is 0 Å². The van der Waals surface area contributed by atoms with Gasteiger partial charge in [-0.15, -0.1) is 11.6 Å². The molecule has 3 nitrogen and oxygen atoms in total. The minimum Gasteiger partial charge on any atom is -0.324 e. The van der Waals surface area contributed by atoms with Crippen molar-refractivity contribution in [2.45, 2.75) is 63.3 Å². The topological polar surface area (TPSA) is 30.7 Å². The summed E-state index contributed by atoms with van der Waals surface area (Å²) >= 11 is 6.37. The molecule has 2 aromatic rings. The van der Waals surface area contributed by atoms with E-state index >= 15 is 0 Å². The van der Waals surface area contributed by atoms with Crippen molar-refractivity contribution in [1.29, 1.82) is 0 Å². The summed E-state index contributed by atoms with van der Waals surface area (Å²) in [5.41, 5.74) is 2.16. The number of rotatable bonds is 2. The molecule has 0 aliphatic heterocycles. The van der Waals surface area contributed by atoms with E-state index in [1.54, 1.807) is 0 Å². The van der Waals surface area contributed by atoms with Crippen LogP contribution in [0.3, 0.4) is 0 Å². The molecule has 0 radical (unpaired) electrons. The predicted octanol–water partition coefficient (Wildman–Crippen LogP) is 5.02. The Balaban J connectivity index is 2.04. The standard InChI is InChI=1S/C16H22ClN3/c1-12(17)16-19-14-11-18-10-9-15(14)20(16)13-7-5-3-2-4-6-8-13/h9-13H,2-8H2,1H3. The number of pyridine rings is 1. The molecule has 0 saturated heterocycles. The number of fused-ring (bicyclic) bond motifs is 1. The largest absolute Gasteiger partial charge is 0.324 e. The van der Waals surface area contributed by atoms with Crippen molar-refractivity contribution in [3.63, 3.8) is 0 Å². The van der Waals surface area contributed by atoms with Gasteiger partial charge in [-0.25, -0.2) is 4.98 Å². The average Bonchev–Trinajstić information content (AvgIpc) is 2.78. The van der Waals surface area contributed by atoms with Crippen LogP contribution in [0, 0.1) is 0 Å². The van der Waals surface area contributed by atoms with Gasteiger partial charge < -0.3 is 4.57 Å². The number of aromatic nitrogens is 3. The number of alkyl halides is 1. The van der Waals surface area contributed by atoms with Crippen molar-refractivity contribution in [2.24, 2.45) is 0 Å². The molecule has 0 bridgehead atoms. The second kappa shape index (κ2) is 6.13. The molecule has 0 N–H and O–H groups in total. The van der Waals surface area contributed by atoms with Gasteiger partial charge in [-0.05, 0) is 25.8 Å². The van der Waals surface area contributed by atoms with Gasteiger partial charge in [0.25, 0.3) is 0 Å². The molecule has 108 valence electrons. The summed E-state index contributed by atoms with van der Waals surface area (Å²) in [5, 5.41) is -0.0622. The van der Waals surface area contributed by atoms with Crippen LogP contribution in [0.1, 0.15) is 69.1 Å². The summed E-state index contributed by atoms with van der Waals surface area (Å²) in [6.07, 6.45) is 12.9. The van der Waals surface area contributed by atoms with Gasteiger partial charge in [0.05, 0.1) is 17.1 Å². The van der Waals surface area contributed by atoms with Crippen molar-refractivity contribution in [3.8, 4) is 0 Å². The zero-order valence-electron chi connectivity index (χ0n) is 12.1. The van der Waals surface area contributed by atoms with Gasteiger partial charge in [0.1, 0.15) is 11.3 Å². The zero-order chi connectivity index (χ0) is 13.9. The molecule has 2 heterocycles. The Hall–Kier alpha value is -1.09. The van der Waals surface area contributed by atoms with Crippen molar-refractivity contribution < 1.29 is 0 Å². The maximum atomic E-state index is 6.37. The van der Waals surface area contributed by atoms with Crippen LogP contribution in [0.2, 0.25) is 0 Å². The molecule has 3 rings (SSSR count). The first kappa shape index (κ1) is 13.9. The molecular formula is C16H22ClN3. The quantitative estimate of drug-likeness (QED) is 0.728. The zero-order valence-corrected chi connectivity index (χ0v) is 12.8. The maximum absolute atomic E-state index is 6.37. The third-order valence-electron chi connectivity index (χ3n) is 4.31. The molecule has 1 aliphatic carbocycles. The van der Waals surface area contributed by atoms with Gasteiger partial charge in [-0.2, -0.15) is 0 Å². The summed E-state index contributed by atoms with van der Waals surface area (Å²) in [5.74, 6) is 1.00. The van der Waals surface area contributed by atoms with Crippen LogP contribution in [-0.2, 0) is 0 Å². The fraction of sp³-hybridized carbons (Fsp3) is 0.625. The molecule has 20 heavy (non-hydrogen) atoms. The smallest absolute Gasteiger partial charge is 0.128 e. The van der Waals surface area contributed by atoms with Crippen LogP contribution in [0.5, 0.6) is 0 Å². The van der Waals surface area contributed by atoms with Crippen LogP contribution in [-0.4, -0.2) is 14.5 Å². The molecule has 1 unspecified atom stereocenters. The maximum Gasteiger partial charge on any atom is 0.128 e. The molecule has 1 atom stereocenters. The number of nitrogens with zero attached hydrogens (tertiary/aromatic N) is 3. The van der Waals surface area contributed by atoms with Crippen LogP contribution in [0.25, 0.3) is 11.0 Å². The molecule has 1 aliphatic rings. The lowest BCUT2D eigenvalue weighted by Gasteiger charge is -2.24. The van der Waals surface area contributed by atoms with Crippen LogP contribution in [0.15, 0.2) is 18.5 Å². The third-order valence-corrected chi connectivity index (χ3v) is 4.51. The molecular weight excluding hydrogens is 270 g/mol. The Morgan fingerprint density at radius 2 is 1.90 bits per heavy atom. The van der Waals surface area contributed by atoms with E-state index < -0.39 is 0 Å². The highest BCUT2D eigenvalue weighted by Crippen LogP contribution is 2.33. The van der Waals surface area contributed by atoms with Crippen molar-refractivity contribution >= 4 is 22.6 Å². The van der Waals surface area contributed by atoms with E-state index in [4.69, 9.17) is 16.6 Å². The van der Waals surface area contributed by atoms with E-state index in [0.717, 1.165) is 11.3 Å². The van der Waals surface area contributed by atoms with Crippen LogP contribution >= 0.6 is 11.6 Å². The highest BCUT2D eigenvalue weighted by molar-refractivity contribution is 6.20. The fourth-order valence-corrected chi connectivity index (χ4v) is 3.48.